The van der Waals surface area contributed by atoms with Crippen molar-refractivity contribution in [1.82, 2.24) is 83.2 Å². The molecule has 10 aromatic carbocycles. The number of methoxy groups -OCH3 is 8. The molecule has 17 aromatic rings. The number of carbonyl (C=O) groups excluding carboxylic acids is 2. The minimum absolute atomic E-state index is 0.234. The normalized spacial score (nSPS) is 14.7. The molecule has 7 aromatic heterocycles. The standard InChI is InChI=1S/C25H31N3O3.C24H27N3O2.C13H15BrN2O2.C13H16N2O2.C12H12N2O.C12H15NO.C10H8N2O.C9H8N2/c1-30-24(31-2)17-23-22(18-26-28(23)21-11-7-4-8-12-21)25(29)13-15-27(16-14-25)19-20-9-5-3-6-10-20;1-28-23-16-22-21(17-25-27(22)20-10-6-3-7-11-20)24(29-23)12-14-26(15-13-24)18-19-8-4-2-5-9-19;1-17-13(18-2)8-12-11(14)9-15-16(12)10-6-4-3-5-7-10;1-16-13(17-2)10-12-8-9-14-15(12)11-6-4-3-5-7-11;1-15-10-8-12-7-9-13-14(12)11-5-3-2-4-6-11;14-12-6-8-13(9-7-12)10-11-4-2-1-3-5-11;13-8-10-6-7-11-12(10)9-4-2-1-3-5-9;1-2-5-9(6-3-1)11-8-4-7-10-11/h3-12,18,24,29H,13-17,19H2,1-2H3;2-11,17,23H,12-16,18H2,1H3;3-7,9,13H,8H2,1-2H3;3-9,13H,10H2,1-2H3;2-10H,1H3;1-5H,6-10H2;1-8H;1-8H. The van der Waals surface area contributed by atoms with Gasteiger partial charge in [0.25, 0.3) is 0 Å². The van der Waals surface area contributed by atoms with E-state index in [1.165, 1.54) is 27.9 Å². The van der Waals surface area contributed by atoms with Crippen LogP contribution >= 0.6 is 15.9 Å². The highest BCUT2D eigenvalue weighted by atomic mass is 79.9. The second kappa shape index (κ2) is 57.6. The van der Waals surface area contributed by atoms with Crippen molar-refractivity contribution in [3.8, 4) is 39.8 Å². The second-order valence-corrected chi connectivity index (χ2v) is 36.2. The molecule has 30 heteroatoms. The van der Waals surface area contributed by atoms with Crippen LogP contribution in [0, 0.1) is 0 Å². The fraction of sp³-hybridized carbons (Fsp3) is 0.280. The van der Waals surface area contributed by atoms with Gasteiger partial charge in [-0.2, -0.15) is 35.7 Å². The molecule has 1 atom stereocenters. The average Bonchev–Trinajstić information content (AvgIpc) is 1.62. The van der Waals surface area contributed by atoms with Gasteiger partial charge in [0.2, 0.25) is 0 Å². The van der Waals surface area contributed by atoms with Crippen LogP contribution in [0.5, 0.6) is 0 Å². The number of likely N-dealkylation sites (tertiary alicyclic amines) is 3. The summed E-state index contributed by atoms with van der Waals surface area (Å²) in [5.74, 6) is 0.411. The number of halogens is 1. The van der Waals surface area contributed by atoms with Crippen molar-refractivity contribution in [1.29, 1.82) is 0 Å². The fourth-order valence-electron chi connectivity index (χ4n) is 17.9. The number of benzene rings is 10. The third kappa shape index (κ3) is 31.1. The molecular weight excluding hydrogens is 1930 g/mol. The van der Waals surface area contributed by atoms with Crippen LogP contribution in [0.15, 0.2) is 388 Å². The van der Waals surface area contributed by atoms with Gasteiger partial charge in [0.15, 0.2) is 31.4 Å². The number of ketones is 1. The van der Waals surface area contributed by atoms with Crippen molar-refractivity contribution in [2.75, 3.05) is 96.1 Å². The Kier molecular flexibility index (Phi) is 42.5. The summed E-state index contributed by atoms with van der Waals surface area (Å²) in [5.41, 5.74) is 17.8. The number of Topliss-reactive ketones (excluding diaryl/α,β-unsaturated/α-hetero) is 1. The number of nitrogens with zero attached hydrogens (tertiary/aromatic N) is 17. The molecule has 0 amide bonds. The van der Waals surface area contributed by atoms with E-state index < -0.39 is 11.9 Å². The maximum absolute atomic E-state index is 11.7. The summed E-state index contributed by atoms with van der Waals surface area (Å²) in [6.07, 6.45) is 24.8. The molecule has 3 saturated heterocycles. The van der Waals surface area contributed by atoms with Gasteiger partial charge in [0.1, 0.15) is 17.1 Å². The van der Waals surface area contributed by atoms with Crippen molar-refractivity contribution in [3.63, 3.8) is 0 Å². The zero-order chi connectivity index (χ0) is 103. The predicted molar refractivity (Wildman–Crippen MR) is 578 cm³/mol. The molecule has 29 nitrogen and oxygen atoms in total. The van der Waals surface area contributed by atoms with Gasteiger partial charge >= 0.3 is 0 Å². The van der Waals surface area contributed by atoms with Gasteiger partial charge in [0, 0.05) is 183 Å². The van der Waals surface area contributed by atoms with E-state index in [2.05, 4.69) is 157 Å². The second-order valence-electron chi connectivity index (χ2n) is 35.4. The first-order valence-corrected chi connectivity index (χ1v) is 50.4. The molecule has 21 rings (SSSR count). The molecule has 4 aliphatic heterocycles. The number of aromatic nitrogens is 14. The molecule has 0 aliphatic carbocycles. The Balaban J connectivity index is 0.000000137. The number of aliphatic hydroxyl groups is 1. The number of rotatable bonds is 30. The highest BCUT2D eigenvalue weighted by Crippen LogP contribution is 2.45. The number of hydrogen-bond acceptors (Lipinski definition) is 22. The zero-order valence-electron chi connectivity index (χ0n) is 85.2. The SMILES string of the molecule is COC(Cc1c(Br)cnn1-c1ccccc1)OC.COC(Cc1c(C2(O)CCN(Cc3ccccc3)CC2)cnn1-c1ccccc1)OC.COC(Cc1ccnn1-c1ccccc1)OC.COC1Cc2c(cnn2-c2ccccc2)C2(CCN(Cc3ccccc3)CC2)O1.COC=Cc1ccnn1-c1ccccc1.O=C1CCN(Cc2ccccc2)CC1.O=Cc1ccnn1-c1ccccc1.c1ccc(-n2cccn2)cc1. The van der Waals surface area contributed by atoms with Gasteiger partial charge in [-0.05, 0) is 174 Å². The Morgan fingerprint density at radius 2 is 0.743 bits per heavy atom. The molecule has 148 heavy (non-hydrogen) atoms. The van der Waals surface area contributed by atoms with E-state index in [1.807, 2.05) is 279 Å². The first-order chi connectivity index (χ1) is 72.6. The van der Waals surface area contributed by atoms with Gasteiger partial charge in [-0.1, -0.05) is 218 Å². The van der Waals surface area contributed by atoms with E-state index >= 15 is 0 Å². The molecule has 0 radical (unpaired) electrons. The molecular formula is C118H132BrN17O12. The third-order valence-corrected chi connectivity index (χ3v) is 26.5. The molecule has 4 aliphatic rings. The molecule has 768 valence electrons. The highest BCUT2D eigenvalue weighted by Gasteiger charge is 2.46. The van der Waals surface area contributed by atoms with Crippen LogP contribution in [0.4, 0.5) is 0 Å². The van der Waals surface area contributed by atoms with E-state index in [0.29, 0.717) is 43.6 Å². The van der Waals surface area contributed by atoms with Crippen molar-refractivity contribution < 1.29 is 57.3 Å². The number of carbonyl (C=O) groups is 2. The number of fused-ring (bicyclic) bond motifs is 2. The van der Waals surface area contributed by atoms with Crippen molar-refractivity contribution in [2.45, 2.75) is 120 Å². The lowest BCUT2D eigenvalue weighted by atomic mass is 9.81. The molecule has 3 fully saturated rings. The van der Waals surface area contributed by atoms with Gasteiger partial charge in [-0.3, -0.25) is 24.3 Å². The summed E-state index contributed by atoms with van der Waals surface area (Å²) in [4.78, 5) is 28.9. The number of para-hydroxylation sites is 7. The molecule has 0 bridgehead atoms. The van der Waals surface area contributed by atoms with Crippen LogP contribution in [-0.4, -0.2) is 222 Å². The molecule has 11 heterocycles. The van der Waals surface area contributed by atoms with Crippen LogP contribution in [0.25, 0.3) is 45.9 Å². The molecule has 0 saturated carbocycles. The molecule has 1 unspecified atom stereocenters. The van der Waals surface area contributed by atoms with Crippen molar-refractivity contribution in [3.05, 3.63) is 450 Å². The summed E-state index contributed by atoms with van der Waals surface area (Å²) in [7, 11) is 13.2. The van der Waals surface area contributed by atoms with E-state index in [4.69, 9.17) is 47.7 Å². The van der Waals surface area contributed by atoms with Crippen LogP contribution in [0.2, 0.25) is 0 Å². The van der Waals surface area contributed by atoms with E-state index in [-0.39, 0.29) is 24.5 Å². The number of hydrogen-bond donors (Lipinski definition) is 1. The molecule has 1 spiro atoms. The van der Waals surface area contributed by atoms with E-state index in [9.17, 15) is 14.7 Å². The van der Waals surface area contributed by atoms with Crippen LogP contribution in [0.3, 0.4) is 0 Å². The lowest BCUT2D eigenvalue weighted by Crippen LogP contribution is -2.49. The fourth-order valence-corrected chi connectivity index (χ4v) is 18.3. The van der Waals surface area contributed by atoms with Crippen LogP contribution in [0.1, 0.15) is 105 Å². The number of piperidine rings is 3. The van der Waals surface area contributed by atoms with Crippen LogP contribution in [-0.2, 0) is 104 Å². The van der Waals surface area contributed by atoms with Crippen LogP contribution < -0.4 is 0 Å². The topological polar surface area (TPSA) is 272 Å². The maximum atomic E-state index is 11.7. The van der Waals surface area contributed by atoms with Crippen molar-refractivity contribution >= 4 is 34.1 Å². The minimum Gasteiger partial charge on any atom is -0.504 e. The summed E-state index contributed by atoms with van der Waals surface area (Å²) >= 11 is 3.51. The monoisotopic (exact) mass is 2060 g/mol. The van der Waals surface area contributed by atoms with Gasteiger partial charge in [-0.15, -0.1) is 0 Å². The number of ether oxygens (including phenoxy) is 9. The van der Waals surface area contributed by atoms with Crippen molar-refractivity contribution in [2.24, 2.45) is 0 Å². The van der Waals surface area contributed by atoms with Gasteiger partial charge in [0.05, 0.1) is 117 Å². The third-order valence-electron chi connectivity index (χ3n) is 25.8. The Morgan fingerprint density at radius 3 is 1.18 bits per heavy atom. The Morgan fingerprint density at radius 1 is 0.378 bits per heavy atom. The molecule has 1 N–H and O–H groups in total. The average molecular weight is 2060 g/mol. The summed E-state index contributed by atoms with van der Waals surface area (Å²) in [6.45, 7) is 8.39. The Bertz CT molecular complexity index is 6650. The number of aldehydes is 1. The Labute approximate surface area is 875 Å². The first-order valence-electron chi connectivity index (χ1n) is 49.6. The first kappa shape index (κ1) is 109. The summed E-state index contributed by atoms with van der Waals surface area (Å²) in [6, 6.07) is 109. The quantitative estimate of drug-likeness (QED) is 0.0249. The van der Waals surface area contributed by atoms with E-state index in [0.717, 1.165) is 170 Å². The summed E-state index contributed by atoms with van der Waals surface area (Å²) in [5, 5.41) is 42.1. The lowest BCUT2D eigenvalue weighted by Gasteiger charge is -2.45. The Hall–Kier alpha value is -14.5. The largest absolute Gasteiger partial charge is 0.504 e. The zero-order valence-corrected chi connectivity index (χ0v) is 86.8. The maximum Gasteiger partial charge on any atom is 0.168 e. The highest BCUT2D eigenvalue weighted by molar-refractivity contribution is 9.10. The van der Waals surface area contributed by atoms with E-state index in [1.54, 1.807) is 105 Å². The predicted octanol–water partition coefficient (Wildman–Crippen LogP) is 20.2. The minimum atomic E-state index is -0.915. The summed E-state index contributed by atoms with van der Waals surface area (Å²) < 4.78 is 62.9. The van der Waals surface area contributed by atoms with Gasteiger partial charge < -0.3 is 47.7 Å². The smallest absolute Gasteiger partial charge is 0.168 e. The van der Waals surface area contributed by atoms with Gasteiger partial charge in [-0.25, -0.2) is 32.8 Å². The lowest BCUT2D eigenvalue weighted by molar-refractivity contribution is -0.227.